The number of hydrogen-bond donors (Lipinski definition) is 2. The second-order valence-corrected chi connectivity index (χ2v) is 4.37. The SMILES string of the molecule is C#CCSc1ccccc1C=CCN(O)C(N)=O. The van der Waals surface area contributed by atoms with Crippen LogP contribution >= 0.6 is 11.8 Å². The van der Waals surface area contributed by atoms with Crippen LogP contribution in [0.1, 0.15) is 5.56 Å². The van der Waals surface area contributed by atoms with Crippen LogP contribution in [0.25, 0.3) is 6.08 Å². The van der Waals surface area contributed by atoms with Gasteiger partial charge in [-0.2, -0.15) is 0 Å². The molecule has 0 fully saturated rings. The Labute approximate surface area is 110 Å². The van der Waals surface area contributed by atoms with Gasteiger partial charge in [0.1, 0.15) is 0 Å². The van der Waals surface area contributed by atoms with Crippen molar-refractivity contribution in [3.8, 4) is 12.3 Å². The van der Waals surface area contributed by atoms with Gasteiger partial charge in [-0.15, -0.1) is 18.2 Å². The largest absolute Gasteiger partial charge is 0.350 e. The Bertz CT molecular complexity index is 480. The molecule has 4 nitrogen and oxygen atoms in total. The monoisotopic (exact) mass is 262 g/mol. The van der Waals surface area contributed by atoms with Crippen LogP contribution in [-0.4, -0.2) is 28.6 Å². The van der Waals surface area contributed by atoms with Gasteiger partial charge in [-0.25, -0.2) is 9.86 Å². The lowest BCUT2D eigenvalue weighted by molar-refractivity contribution is -0.0286. The maximum Gasteiger partial charge on any atom is 0.338 e. The number of thioether (sulfide) groups is 1. The third-order valence-electron chi connectivity index (χ3n) is 2.06. The van der Waals surface area contributed by atoms with Crippen molar-refractivity contribution in [2.24, 2.45) is 5.73 Å². The molecule has 0 aliphatic carbocycles. The van der Waals surface area contributed by atoms with Gasteiger partial charge in [-0.1, -0.05) is 36.3 Å². The van der Waals surface area contributed by atoms with Gasteiger partial charge >= 0.3 is 6.03 Å². The molecule has 0 spiro atoms. The fourth-order valence-electron chi connectivity index (χ4n) is 1.24. The number of nitrogens with two attached hydrogens (primary N) is 1. The lowest BCUT2D eigenvalue weighted by Gasteiger charge is -2.08. The second kappa shape index (κ2) is 7.43. The number of hydrogen-bond acceptors (Lipinski definition) is 3. The zero-order chi connectivity index (χ0) is 13.4. The van der Waals surface area contributed by atoms with Crippen molar-refractivity contribution in [1.29, 1.82) is 0 Å². The first kappa shape index (κ1) is 14.2. The quantitative estimate of drug-likeness (QED) is 0.370. The maximum atomic E-state index is 10.6. The fraction of sp³-hybridized carbons (Fsp3) is 0.154. The van der Waals surface area contributed by atoms with E-state index in [2.05, 4.69) is 5.92 Å². The topological polar surface area (TPSA) is 66.6 Å². The summed E-state index contributed by atoms with van der Waals surface area (Å²) in [5.41, 5.74) is 5.87. The Kier molecular flexibility index (Phi) is 5.85. The second-order valence-electron chi connectivity index (χ2n) is 3.35. The van der Waals surface area contributed by atoms with Gasteiger partial charge in [-0.3, -0.25) is 5.21 Å². The summed E-state index contributed by atoms with van der Waals surface area (Å²) >= 11 is 1.56. The first-order valence-electron chi connectivity index (χ1n) is 5.23. The van der Waals surface area contributed by atoms with Crippen LogP contribution in [0.4, 0.5) is 4.79 Å². The number of rotatable bonds is 5. The minimum Gasteiger partial charge on any atom is -0.350 e. The van der Waals surface area contributed by atoms with Crippen LogP contribution in [0.3, 0.4) is 0 Å². The number of primary amides is 1. The molecule has 0 unspecified atom stereocenters. The average Bonchev–Trinajstić information content (AvgIpc) is 2.37. The van der Waals surface area contributed by atoms with Gasteiger partial charge in [0.15, 0.2) is 0 Å². The number of amides is 2. The highest BCUT2D eigenvalue weighted by Crippen LogP contribution is 2.23. The molecular formula is C13H14N2O2S. The summed E-state index contributed by atoms with van der Waals surface area (Å²) in [5, 5.41) is 9.53. The number of urea groups is 1. The number of carbonyl (C=O) groups is 1. The molecule has 1 aromatic rings. The molecule has 2 amide bonds. The van der Waals surface area contributed by atoms with Crippen LogP contribution in [0.5, 0.6) is 0 Å². The number of hydroxylamine groups is 2. The highest BCUT2D eigenvalue weighted by molar-refractivity contribution is 7.99. The number of carbonyl (C=O) groups excluding carboxylic acids is 1. The first-order chi connectivity index (χ1) is 8.65. The molecule has 0 bridgehead atoms. The lowest BCUT2D eigenvalue weighted by atomic mass is 10.2. The summed E-state index contributed by atoms with van der Waals surface area (Å²) in [5.74, 6) is 3.16. The summed E-state index contributed by atoms with van der Waals surface area (Å²) in [7, 11) is 0. The van der Waals surface area contributed by atoms with Gasteiger partial charge in [0.25, 0.3) is 0 Å². The molecule has 0 radical (unpaired) electrons. The van der Waals surface area contributed by atoms with E-state index in [9.17, 15) is 4.79 Å². The summed E-state index contributed by atoms with van der Waals surface area (Å²) in [6.07, 6.45) is 8.68. The molecule has 94 valence electrons. The van der Waals surface area contributed by atoms with Crippen LogP contribution in [0, 0.1) is 12.3 Å². The Hall–Kier alpha value is -1.90. The van der Waals surface area contributed by atoms with Crippen molar-refractivity contribution < 1.29 is 10.0 Å². The standard InChI is InChI=1S/C13H14N2O2S/c1-2-10-18-12-8-4-3-6-11(12)7-5-9-15(17)13(14)16/h1,3-8,17H,9-10H2,(H2,14,16). The zero-order valence-corrected chi connectivity index (χ0v) is 10.6. The number of terminal acetylenes is 1. The van der Waals surface area contributed by atoms with Crippen molar-refractivity contribution in [3.63, 3.8) is 0 Å². The van der Waals surface area contributed by atoms with E-state index in [0.29, 0.717) is 10.8 Å². The highest BCUT2D eigenvalue weighted by Gasteiger charge is 2.02. The van der Waals surface area contributed by atoms with Gasteiger partial charge in [-0.05, 0) is 11.6 Å². The minimum atomic E-state index is -0.880. The summed E-state index contributed by atoms with van der Waals surface area (Å²) in [6.45, 7) is 0.0451. The van der Waals surface area contributed by atoms with E-state index >= 15 is 0 Å². The van der Waals surface area contributed by atoms with Crippen molar-refractivity contribution in [1.82, 2.24) is 5.06 Å². The van der Waals surface area contributed by atoms with E-state index in [1.165, 1.54) is 0 Å². The molecule has 0 saturated heterocycles. The molecule has 3 N–H and O–H groups in total. The van der Waals surface area contributed by atoms with E-state index < -0.39 is 6.03 Å². The van der Waals surface area contributed by atoms with Gasteiger partial charge < -0.3 is 5.73 Å². The third kappa shape index (κ3) is 4.53. The van der Waals surface area contributed by atoms with E-state index in [-0.39, 0.29) is 6.54 Å². The molecule has 5 heteroatoms. The fourth-order valence-corrected chi connectivity index (χ4v) is 1.95. The van der Waals surface area contributed by atoms with Crippen molar-refractivity contribution >= 4 is 23.9 Å². The van der Waals surface area contributed by atoms with Crippen molar-refractivity contribution in [2.75, 3.05) is 12.3 Å². The van der Waals surface area contributed by atoms with Crippen LogP contribution in [0.15, 0.2) is 35.2 Å². The van der Waals surface area contributed by atoms with Gasteiger partial charge in [0.2, 0.25) is 0 Å². The first-order valence-corrected chi connectivity index (χ1v) is 6.21. The molecule has 1 rings (SSSR count). The summed E-state index contributed by atoms with van der Waals surface area (Å²) in [6, 6.07) is 6.85. The predicted octanol–water partition coefficient (Wildman–Crippen LogP) is 2.19. The minimum absolute atomic E-state index is 0.0451. The average molecular weight is 262 g/mol. The summed E-state index contributed by atoms with van der Waals surface area (Å²) in [4.78, 5) is 11.6. The molecule has 0 aromatic heterocycles. The van der Waals surface area contributed by atoms with Crippen LogP contribution in [0.2, 0.25) is 0 Å². The molecule has 0 saturated carbocycles. The van der Waals surface area contributed by atoms with E-state index in [1.807, 2.05) is 30.3 Å². The molecule has 0 aliphatic rings. The Morgan fingerprint density at radius 1 is 1.56 bits per heavy atom. The molecule has 0 atom stereocenters. The van der Waals surface area contributed by atoms with Crippen molar-refractivity contribution in [3.05, 3.63) is 35.9 Å². The van der Waals surface area contributed by atoms with E-state index in [1.54, 1.807) is 17.8 Å². The molecule has 0 heterocycles. The lowest BCUT2D eigenvalue weighted by Crippen LogP contribution is -2.32. The Morgan fingerprint density at radius 2 is 2.28 bits per heavy atom. The van der Waals surface area contributed by atoms with E-state index in [4.69, 9.17) is 17.4 Å². The van der Waals surface area contributed by atoms with Gasteiger partial charge in [0, 0.05) is 4.90 Å². The number of nitrogens with zero attached hydrogens (tertiary/aromatic N) is 1. The normalized spacial score (nSPS) is 10.2. The predicted molar refractivity (Wildman–Crippen MR) is 73.1 cm³/mol. The molecule has 0 aliphatic heterocycles. The van der Waals surface area contributed by atoms with Crippen LogP contribution in [-0.2, 0) is 0 Å². The third-order valence-corrected chi connectivity index (χ3v) is 3.05. The zero-order valence-electron chi connectivity index (χ0n) is 9.74. The maximum absolute atomic E-state index is 10.6. The highest BCUT2D eigenvalue weighted by atomic mass is 32.2. The Balaban J connectivity index is 2.69. The van der Waals surface area contributed by atoms with Crippen LogP contribution < -0.4 is 5.73 Å². The molecule has 1 aromatic carbocycles. The Morgan fingerprint density at radius 3 is 2.94 bits per heavy atom. The molecular weight excluding hydrogens is 248 g/mol. The molecule has 18 heavy (non-hydrogen) atoms. The van der Waals surface area contributed by atoms with Gasteiger partial charge in [0.05, 0.1) is 12.3 Å². The van der Waals surface area contributed by atoms with E-state index in [0.717, 1.165) is 10.5 Å². The van der Waals surface area contributed by atoms with Crippen molar-refractivity contribution in [2.45, 2.75) is 4.90 Å². The number of benzene rings is 1. The summed E-state index contributed by atoms with van der Waals surface area (Å²) < 4.78 is 0. The smallest absolute Gasteiger partial charge is 0.338 e.